The van der Waals surface area contributed by atoms with E-state index >= 15 is 0 Å². The Kier molecular flexibility index (Phi) is 4.47. The maximum atomic E-state index is 12.8. The van der Waals surface area contributed by atoms with Gasteiger partial charge < -0.3 is 20.9 Å². The Labute approximate surface area is 123 Å². The van der Waals surface area contributed by atoms with Crippen LogP contribution in [-0.2, 0) is 4.79 Å². The van der Waals surface area contributed by atoms with Gasteiger partial charge in [-0.2, -0.15) is 4.98 Å². The molecule has 2 rings (SSSR count). The average molecular weight is 306 g/mol. The SMILES string of the molecule is Nc1nc(OCC(=O)O)ncc1C(=O)Nc1ccc(F)cc1. The highest BCUT2D eigenvalue weighted by molar-refractivity contribution is 6.06. The molecule has 1 aromatic heterocycles. The first kappa shape index (κ1) is 15.2. The smallest absolute Gasteiger partial charge is 0.341 e. The Morgan fingerprint density at radius 1 is 1.32 bits per heavy atom. The van der Waals surface area contributed by atoms with Crippen LogP contribution in [0.4, 0.5) is 15.9 Å². The molecule has 0 saturated heterocycles. The van der Waals surface area contributed by atoms with Gasteiger partial charge in [0.15, 0.2) is 6.61 Å². The van der Waals surface area contributed by atoms with Crippen LogP contribution in [-0.4, -0.2) is 33.6 Å². The molecule has 0 atom stereocenters. The quantitative estimate of drug-likeness (QED) is 0.749. The number of nitrogens with zero attached hydrogens (tertiary/aromatic N) is 2. The fourth-order valence-corrected chi connectivity index (χ4v) is 1.48. The molecular formula is C13H11FN4O4. The van der Waals surface area contributed by atoms with E-state index in [0.29, 0.717) is 5.69 Å². The average Bonchev–Trinajstić information content (AvgIpc) is 2.47. The number of anilines is 2. The lowest BCUT2D eigenvalue weighted by atomic mass is 10.2. The summed E-state index contributed by atoms with van der Waals surface area (Å²) in [5.74, 6) is -2.38. The van der Waals surface area contributed by atoms with Crippen molar-refractivity contribution < 1.29 is 23.8 Å². The van der Waals surface area contributed by atoms with Crippen LogP contribution >= 0.6 is 0 Å². The van der Waals surface area contributed by atoms with Gasteiger partial charge in [0.1, 0.15) is 17.2 Å². The number of halogens is 1. The first-order valence-electron chi connectivity index (χ1n) is 5.99. The minimum absolute atomic E-state index is 0.0213. The maximum absolute atomic E-state index is 12.8. The number of nitrogens with one attached hydrogen (secondary N) is 1. The van der Waals surface area contributed by atoms with Crippen molar-refractivity contribution in [2.45, 2.75) is 0 Å². The molecule has 0 aliphatic rings. The number of carboxylic acids is 1. The molecule has 0 aliphatic heterocycles. The van der Waals surface area contributed by atoms with E-state index in [1.165, 1.54) is 24.3 Å². The molecule has 0 spiro atoms. The van der Waals surface area contributed by atoms with Crippen LogP contribution in [0.1, 0.15) is 10.4 Å². The van der Waals surface area contributed by atoms with E-state index < -0.39 is 24.3 Å². The molecule has 9 heteroatoms. The number of hydrogen-bond donors (Lipinski definition) is 3. The van der Waals surface area contributed by atoms with Gasteiger partial charge in [0.25, 0.3) is 5.91 Å². The van der Waals surface area contributed by atoms with Crippen molar-refractivity contribution in [1.29, 1.82) is 0 Å². The summed E-state index contributed by atoms with van der Waals surface area (Å²) in [5.41, 5.74) is 5.96. The molecule has 1 amide bonds. The molecule has 22 heavy (non-hydrogen) atoms. The zero-order valence-corrected chi connectivity index (χ0v) is 11.1. The Bertz CT molecular complexity index is 706. The molecule has 0 saturated carbocycles. The van der Waals surface area contributed by atoms with Crippen molar-refractivity contribution in [1.82, 2.24) is 9.97 Å². The molecule has 0 unspecified atom stereocenters. The van der Waals surface area contributed by atoms with Crippen molar-refractivity contribution in [3.05, 3.63) is 41.8 Å². The predicted molar refractivity (Wildman–Crippen MR) is 73.9 cm³/mol. The molecule has 8 nitrogen and oxygen atoms in total. The number of ether oxygens (including phenoxy) is 1. The molecular weight excluding hydrogens is 295 g/mol. The second-order valence-corrected chi connectivity index (χ2v) is 4.09. The van der Waals surface area contributed by atoms with E-state index in [1.54, 1.807) is 0 Å². The van der Waals surface area contributed by atoms with Gasteiger partial charge in [0.05, 0.1) is 0 Å². The van der Waals surface area contributed by atoms with Crippen molar-refractivity contribution in [2.75, 3.05) is 17.7 Å². The Balaban J connectivity index is 2.09. The van der Waals surface area contributed by atoms with Crippen molar-refractivity contribution in [3.8, 4) is 6.01 Å². The number of aliphatic carboxylic acids is 1. The third-order valence-corrected chi connectivity index (χ3v) is 2.47. The van der Waals surface area contributed by atoms with Gasteiger partial charge in [-0.3, -0.25) is 4.79 Å². The minimum atomic E-state index is -1.19. The molecule has 4 N–H and O–H groups in total. The van der Waals surface area contributed by atoms with Gasteiger partial charge in [0.2, 0.25) is 0 Å². The highest BCUT2D eigenvalue weighted by Gasteiger charge is 2.14. The van der Waals surface area contributed by atoms with E-state index in [4.69, 9.17) is 15.6 Å². The van der Waals surface area contributed by atoms with Crippen LogP contribution < -0.4 is 15.8 Å². The van der Waals surface area contributed by atoms with Crippen LogP contribution in [0.25, 0.3) is 0 Å². The van der Waals surface area contributed by atoms with E-state index in [-0.39, 0.29) is 17.4 Å². The zero-order valence-electron chi connectivity index (χ0n) is 11.1. The molecule has 0 fully saturated rings. The summed E-state index contributed by atoms with van der Waals surface area (Å²) in [6, 6.07) is 4.90. The molecule has 0 aliphatic carbocycles. The van der Waals surface area contributed by atoms with Crippen LogP contribution in [0, 0.1) is 5.82 Å². The summed E-state index contributed by atoms with van der Waals surface area (Å²) < 4.78 is 17.5. The number of amides is 1. The molecule has 0 radical (unpaired) electrons. The molecule has 114 valence electrons. The summed E-state index contributed by atoms with van der Waals surface area (Å²) in [7, 11) is 0. The number of carbonyl (C=O) groups is 2. The van der Waals surface area contributed by atoms with Crippen LogP contribution in [0.15, 0.2) is 30.5 Å². The lowest BCUT2D eigenvalue weighted by Crippen LogP contribution is -2.17. The first-order chi connectivity index (χ1) is 10.5. The van der Waals surface area contributed by atoms with Gasteiger partial charge in [0, 0.05) is 11.9 Å². The molecule has 1 aromatic carbocycles. The lowest BCUT2D eigenvalue weighted by Gasteiger charge is -2.08. The Hall–Kier alpha value is -3.23. The van der Waals surface area contributed by atoms with E-state index in [9.17, 15) is 14.0 Å². The van der Waals surface area contributed by atoms with Crippen LogP contribution in [0.2, 0.25) is 0 Å². The number of aromatic nitrogens is 2. The van der Waals surface area contributed by atoms with E-state index in [0.717, 1.165) is 6.20 Å². The first-order valence-corrected chi connectivity index (χ1v) is 5.99. The minimum Gasteiger partial charge on any atom is -0.479 e. The molecule has 1 heterocycles. The number of hydrogen-bond acceptors (Lipinski definition) is 6. The van der Waals surface area contributed by atoms with Crippen molar-refractivity contribution in [3.63, 3.8) is 0 Å². The monoisotopic (exact) mass is 306 g/mol. The number of rotatable bonds is 5. The zero-order chi connectivity index (χ0) is 16.1. The number of nitrogen functional groups attached to an aromatic ring is 1. The molecule has 2 aromatic rings. The summed E-state index contributed by atoms with van der Waals surface area (Å²) in [6.45, 7) is -0.624. The van der Waals surface area contributed by atoms with E-state index in [2.05, 4.69) is 15.3 Å². The Morgan fingerprint density at radius 3 is 2.59 bits per heavy atom. The largest absolute Gasteiger partial charge is 0.479 e. The number of nitrogens with two attached hydrogens (primary N) is 1. The lowest BCUT2D eigenvalue weighted by molar-refractivity contribution is -0.139. The number of carbonyl (C=O) groups excluding carboxylic acids is 1. The van der Waals surface area contributed by atoms with Gasteiger partial charge in [-0.05, 0) is 24.3 Å². The second kappa shape index (κ2) is 6.48. The van der Waals surface area contributed by atoms with Gasteiger partial charge in [-0.1, -0.05) is 0 Å². The summed E-state index contributed by atoms with van der Waals surface area (Å²) in [5, 5.41) is 11.0. The van der Waals surface area contributed by atoms with Crippen molar-refractivity contribution >= 4 is 23.4 Å². The van der Waals surface area contributed by atoms with Gasteiger partial charge in [-0.25, -0.2) is 14.2 Å². The second-order valence-electron chi connectivity index (χ2n) is 4.09. The highest BCUT2D eigenvalue weighted by Crippen LogP contribution is 2.15. The fourth-order valence-electron chi connectivity index (χ4n) is 1.48. The molecule has 0 bridgehead atoms. The van der Waals surface area contributed by atoms with Crippen LogP contribution in [0.5, 0.6) is 6.01 Å². The van der Waals surface area contributed by atoms with Crippen molar-refractivity contribution in [2.24, 2.45) is 0 Å². The topological polar surface area (TPSA) is 127 Å². The standard InChI is InChI=1S/C13H11FN4O4/c14-7-1-3-8(4-2-7)17-12(21)9-5-16-13(18-11(9)15)22-6-10(19)20/h1-5H,6H2,(H,17,21)(H,19,20)(H2,15,16,18). The number of benzene rings is 1. The Morgan fingerprint density at radius 2 is 2.00 bits per heavy atom. The fraction of sp³-hybridized carbons (Fsp3) is 0.0769. The van der Waals surface area contributed by atoms with Crippen LogP contribution in [0.3, 0.4) is 0 Å². The summed E-state index contributed by atoms with van der Waals surface area (Å²) in [4.78, 5) is 29.7. The van der Waals surface area contributed by atoms with Gasteiger partial charge >= 0.3 is 12.0 Å². The summed E-state index contributed by atoms with van der Waals surface area (Å²) in [6.07, 6.45) is 1.11. The third kappa shape index (κ3) is 3.88. The highest BCUT2D eigenvalue weighted by atomic mass is 19.1. The number of carboxylic acid groups (broad SMARTS) is 1. The van der Waals surface area contributed by atoms with Gasteiger partial charge in [-0.15, -0.1) is 0 Å². The predicted octanol–water partition coefficient (Wildman–Crippen LogP) is 0.914. The summed E-state index contributed by atoms with van der Waals surface area (Å²) >= 11 is 0. The maximum Gasteiger partial charge on any atom is 0.341 e. The third-order valence-electron chi connectivity index (χ3n) is 2.47. The normalized spacial score (nSPS) is 10.0. The van der Waals surface area contributed by atoms with E-state index in [1.807, 2.05) is 0 Å².